The van der Waals surface area contributed by atoms with Gasteiger partial charge < -0.3 is 9.80 Å². The topological polar surface area (TPSA) is 56.0 Å². The molecule has 2 N–H and O–H groups in total. The predicted molar refractivity (Wildman–Crippen MR) is 96.4 cm³/mol. The van der Waals surface area contributed by atoms with Crippen LogP contribution in [0.3, 0.4) is 0 Å². The van der Waals surface area contributed by atoms with Gasteiger partial charge in [0.15, 0.2) is 0 Å². The summed E-state index contributed by atoms with van der Waals surface area (Å²) in [6.45, 7) is 8.36. The molecule has 0 atom stereocenters. The number of hydrogen-bond donors (Lipinski definition) is 1. The van der Waals surface area contributed by atoms with Crippen LogP contribution in [-0.2, 0) is 4.79 Å². The normalized spacial score (nSPS) is 26.8. The number of nitrogens with two attached hydrogens (primary N) is 1. The number of nitrogens with zero attached hydrogens (tertiary/aromatic N) is 4. The van der Waals surface area contributed by atoms with Crippen LogP contribution in [0.15, 0.2) is 0 Å². The Hall–Kier alpha value is -0.690. The van der Waals surface area contributed by atoms with Crippen molar-refractivity contribution >= 4 is 5.91 Å². The summed E-state index contributed by atoms with van der Waals surface area (Å²) in [6, 6.07) is 0.736. The molecule has 138 valence electrons. The molecule has 3 rings (SSSR count). The van der Waals surface area contributed by atoms with Crippen LogP contribution in [0.1, 0.15) is 38.5 Å². The van der Waals surface area contributed by atoms with E-state index in [9.17, 15) is 4.79 Å². The molecule has 0 radical (unpaired) electrons. The first-order valence-electron chi connectivity index (χ1n) is 9.82. The van der Waals surface area contributed by atoms with Crippen LogP contribution < -0.4 is 5.84 Å². The highest BCUT2D eigenvalue weighted by atomic mass is 16.2. The Bertz CT molecular complexity index is 394. The molecule has 3 aliphatic heterocycles. The van der Waals surface area contributed by atoms with E-state index in [1.54, 1.807) is 0 Å². The fourth-order valence-electron chi connectivity index (χ4n) is 4.42. The lowest BCUT2D eigenvalue weighted by Crippen LogP contribution is -2.54. The lowest BCUT2D eigenvalue weighted by Gasteiger charge is -2.42. The number of carbonyl (C=O) groups is 1. The molecular weight excluding hydrogens is 302 g/mol. The molecule has 3 heterocycles. The summed E-state index contributed by atoms with van der Waals surface area (Å²) < 4.78 is 0. The minimum absolute atomic E-state index is 0.369. The number of hydrogen-bond acceptors (Lipinski definition) is 5. The third-order valence-electron chi connectivity index (χ3n) is 6.29. The summed E-state index contributed by atoms with van der Waals surface area (Å²) in [7, 11) is 2.21. The third kappa shape index (κ3) is 4.91. The monoisotopic (exact) mass is 337 g/mol. The average Bonchev–Trinajstić information content (AvgIpc) is 2.62. The van der Waals surface area contributed by atoms with Gasteiger partial charge in [-0.2, -0.15) is 0 Å². The molecule has 0 bridgehead atoms. The lowest BCUT2D eigenvalue weighted by atomic mass is 9.92. The Kier molecular flexibility index (Phi) is 6.49. The first-order valence-corrected chi connectivity index (χ1v) is 9.82. The maximum Gasteiger partial charge on any atom is 0.222 e. The van der Waals surface area contributed by atoms with E-state index in [0.717, 1.165) is 71.0 Å². The Balaban J connectivity index is 1.34. The van der Waals surface area contributed by atoms with Crippen LogP contribution in [-0.4, -0.2) is 91.1 Å². The van der Waals surface area contributed by atoms with E-state index < -0.39 is 0 Å². The fourth-order valence-corrected chi connectivity index (χ4v) is 4.42. The van der Waals surface area contributed by atoms with Crippen LogP contribution in [0.5, 0.6) is 0 Å². The molecule has 0 spiro atoms. The number of piperazine rings is 1. The largest absolute Gasteiger partial charge is 0.340 e. The molecule has 6 heteroatoms. The molecule has 1 amide bonds. The van der Waals surface area contributed by atoms with Gasteiger partial charge in [0.1, 0.15) is 0 Å². The zero-order valence-corrected chi connectivity index (χ0v) is 15.3. The van der Waals surface area contributed by atoms with E-state index in [2.05, 4.69) is 21.7 Å². The van der Waals surface area contributed by atoms with Crippen molar-refractivity contribution in [3.8, 4) is 0 Å². The van der Waals surface area contributed by atoms with Gasteiger partial charge in [-0.1, -0.05) is 0 Å². The summed E-state index contributed by atoms with van der Waals surface area (Å²) in [5.41, 5.74) is 0. The summed E-state index contributed by atoms with van der Waals surface area (Å²) in [5.74, 6) is 6.86. The van der Waals surface area contributed by atoms with Crippen LogP contribution in [0.4, 0.5) is 0 Å². The zero-order valence-electron chi connectivity index (χ0n) is 15.3. The summed E-state index contributed by atoms with van der Waals surface area (Å²) in [6.07, 6.45) is 6.63. The number of hydrazine groups is 1. The van der Waals surface area contributed by atoms with Gasteiger partial charge in [-0.3, -0.25) is 15.5 Å². The van der Waals surface area contributed by atoms with Crippen molar-refractivity contribution < 1.29 is 4.79 Å². The second-order valence-corrected chi connectivity index (χ2v) is 7.97. The highest BCUT2D eigenvalue weighted by Crippen LogP contribution is 2.22. The first-order chi connectivity index (χ1) is 11.6. The van der Waals surface area contributed by atoms with Crippen molar-refractivity contribution in [2.45, 2.75) is 44.6 Å². The first kappa shape index (κ1) is 18.1. The predicted octanol–water partition coefficient (Wildman–Crippen LogP) is 0.591. The highest BCUT2D eigenvalue weighted by Gasteiger charge is 2.28. The van der Waals surface area contributed by atoms with Gasteiger partial charge >= 0.3 is 0 Å². The van der Waals surface area contributed by atoms with Crippen LogP contribution in [0, 0.1) is 5.92 Å². The molecule has 0 aromatic carbocycles. The SMILES string of the molecule is CN1CCC(N2CCN(C(=O)CCC3CCN(N)CC3)CC2)CC1. The number of piperidine rings is 2. The van der Waals surface area contributed by atoms with Gasteiger partial charge in [0.05, 0.1) is 0 Å². The van der Waals surface area contributed by atoms with Crippen molar-refractivity contribution in [2.75, 3.05) is 59.4 Å². The maximum atomic E-state index is 12.5. The molecule has 0 aliphatic carbocycles. The van der Waals surface area contributed by atoms with Crippen LogP contribution >= 0.6 is 0 Å². The van der Waals surface area contributed by atoms with Gasteiger partial charge in [0.25, 0.3) is 0 Å². The van der Waals surface area contributed by atoms with Crippen molar-refractivity contribution in [3.05, 3.63) is 0 Å². The van der Waals surface area contributed by atoms with E-state index in [1.807, 2.05) is 5.01 Å². The molecule has 0 aromatic rings. The summed E-state index contributed by atoms with van der Waals surface area (Å²) in [4.78, 5) is 19.6. The van der Waals surface area contributed by atoms with E-state index in [-0.39, 0.29) is 0 Å². The molecular formula is C18H35N5O. The smallest absolute Gasteiger partial charge is 0.222 e. The molecule has 3 aliphatic rings. The van der Waals surface area contributed by atoms with Crippen molar-refractivity contribution in [1.82, 2.24) is 19.7 Å². The average molecular weight is 338 g/mol. The summed E-state index contributed by atoms with van der Waals surface area (Å²) >= 11 is 0. The fraction of sp³-hybridized carbons (Fsp3) is 0.944. The van der Waals surface area contributed by atoms with Crippen molar-refractivity contribution in [1.29, 1.82) is 0 Å². The second-order valence-electron chi connectivity index (χ2n) is 7.97. The highest BCUT2D eigenvalue weighted by molar-refractivity contribution is 5.76. The van der Waals surface area contributed by atoms with Crippen LogP contribution in [0.2, 0.25) is 0 Å². The van der Waals surface area contributed by atoms with Gasteiger partial charge in [-0.15, -0.1) is 0 Å². The van der Waals surface area contributed by atoms with E-state index >= 15 is 0 Å². The number of rotatable bonds is 4. The van der Waals surface area contributed by atoms with Crippen LogP contribution in [0.25, 0.3) is 0 Å². The standard InChI is InChI=1S/C18H35N5O/c1-20-8-6-17(7-9-20)21-12-14-22(15-13-21)18(24)3-2-16-4-10-23(19)11-5-16/h16-17H,2-15,19H2,1H3. The van der Waals surface area contributed by atoms with Crippen molar-refractivity contribution in [3.63, 3.8) is 0 Å². The molecule has 24 heavy (non-hydrogen) atoms. The minimum Gasteiger partial charge on any atom is -0.340 e. The molecule has 3 saturated heterocycles. The van der Waals surface area contributed by atoms with Crippen molar-refractivity contribution in [2.24, 2.45) is 11.8 Å². The number of carbonyl (C=O) groups excluding carboxylic acids is 1. The Labute approximate surface area is 146 Å². The molecule has 0 unspecified atom stereocenters. The van der Waals surface area contributed by atoms with Gasteiger partial charge in [0.2, 0.25) is 5.91 Å². The zero-order chi connectivity index (χ0) is 16.9. The summed E-state index contributed by atoms with van der Waals surface area (Å²) in [5, 5.41) is 1.90. The quantitative estimate of drug-likeness (QED) is 0.761. The van der Waals surface area contributed by atoms with Gasteiger partial charge in [0, 0.05) is 51.7 Å². The molecule has 0 saturated carbocycles. The molecule has 6 nitrogen and oxygen atoms in total. The minimum atomic E-state index is 0.369. The molecule has 0 aromatic heterocycles. The lowest BCUT2D eigenvalue weighted by molar-refractivity contribution is -0.133. The number of likely N-dealkylation sites (tertiary alicyclic amines) is 1. The van der Waals surface area contributed by atoms with E-state index in [0.29, 0.717) is 11.8 Å². The molecule has 3 fully saturated rings. The third-order valence-corrected chi connectivity index (χ3v) is 6.29. The maximum absolute atomic E-state index is 12.5. The Morgan fingerprint density at radius 1 is 0.917 bits per heavy atom. The Morgan fingerprint density at radius 2 is 1.54 bits per heavy atom. The Morgan fingerprint density at radius 3 is 2.17 bits per heavy atom. The van der Waals surface area contributed by atoms with E-state index in [1.165, 1.54) is 25.9 Å². The van der Waals surface area contributed by atoms with E-state index in [4.69, 9.17) is 5.84 Å². The number of amides is 1. The van der Waals surface area contributed by atoms with Gasteiger partial charge in [-0.05, 0) is 58.2 Å². The second kappa shape index (κ2) is 8.61. The van der Waals surface area contributed by atoms with Gasteiger partial charge in [-0.25, -0.2) is 5.01 Å².